The highest BCUT2D eigenvalue weighted by molar-refractivity contribution is 5.88. The van der Waals surface area contributed by atoms with Gasteiger partial charge in [0.05, 0.1) is 7.11 Å². The predicted molar refractivity (Wildman–Crippen MR) is 129 cm³/mol. The first-order chi connectivity index (χ1) is 16.6. The highest BCUT2D eigenvalue weighted by Crippen LogP contribution is 2.18. The van der Waals surface area contributed by atoms with Crippen LogP contribution in [0.5, 0.6) is 5.75 Å². The summed E-state index contributed by atoms with van der Waals surface area (Å²) in [6, 6.07) is 12.3. The van der Waals surface area contributed by atoms with Crippen LogP contribution < -0.4 is 10.1 Å². The zero-order chi connectivity index (χ0) is 25.6. The van der Waals surface area contributed by atoms with Crippen molar-refractivity contribution >= 4 is 11.8 Å². The predicted octanol–water partition coefficient (Wildman–Crippen LogP) is 3.21. The Hall–Kier alpha value is -3.82. The van der Waals surface area contributed by atoms with Crippen LogP contribution in [0, 0.1) is 5.82 Å². The summed E-state index contributed by atoms with van der Waals surface area (Å²) >= 11 is 0. The Kier molecular flexibility index (Phi) is 8.16. The summed E-state index contributed by atoms with van der Waals surface area (Å²) in [6.45, 7) is 7.56. The van der Waals surface area contributed by atoms with E-state index in [1.54, 1.807) is 19.2 Å². The average Bonchev–Trinajstić information content (AvgIpc) is 3.27. The molecule has 1 N–H and O–H groups in total. The first-order valence-corrected chi connectivity index (χ1v) is 11.4. The summed E-state index contributed by atoms with van der Waals surface area (Å²) in [5, 5.41) is 15.2. The minimum absolute atomic E-state index is 0.205. The van der Waals surface area contributed by atoms with E-state index in [9.17, 15) is 14.0 Å². The molecule has 1 atom stereocenters. The van der Waals surface area contributed by atoms with Crippen LogP contribution in [-0.2, 0) is 22.7 Å². The number of aromatic nitrogens is 4. The van der Waals surface area contributed by atoms with Gasteiger partial charge in [-0.05, 0) is 74.4 Å². The smallest absolute Gasteiger partial charge is 0.247 e. The van der Waals surface area contributed by atoms with Crippen molar-refractivity contribution in [3.05, 3.63) is 59.9 Å². The molecule has 2 aromatic carbocycles. The number of hydrogen-bond acceptors (Lipinski definition) is 6. The van der Waals surface area contributed by atoms with Crippen molar-refractivity contribution < 1.29 is 18.7 Å². The second-order valence-corrected chi connectivity index (χ2v) is 9.18. The second kappa shape index (κ2) is 11.1. The van der Waals surface area contributed by atoms with Gasteiger partial charge in [0.2, 0.25) is 17.6 Å². The number of amides is 2. The summed E-state index contributed by atoms with van der Waals surface area (Å²) < 4.78 is 18.4. The van der Waals surface area contributed by atoms with Crippen molar-refractivity contribution in [2.24, 2.45) is 0 Å². The van der Waals surface area contributed by atoms with Crippen LogP contribution in [0.4, 0.5) is 4.39 Å². The van der Waals surface area contributed by atoms with Crippen LogP contribution in [0.25, 0.3) is 11.4 Å². The summed E-state index contributed by atoms with van der Waals surface area (Å²) in [5.41, 5.74) is 0.979. The average molecular weight is 483 g/mol. The van der Waals surface area contributed by atoms with Gasteiger partial charge in [-0.3, -0.25) is 9.59 Å². The lowest BCUT2D eigenvalue weighted by Gasteiger charge is -2.33. The van der Waals surface area contributed by atoms with E-state index < -0.39 is 11.6 Å². The van der Waals surface area contributed by atoms with E-state index >= 15 is 0 Å². The molecule has 1 heterocycles. The Morgan fingerprint density at radius 1 is 1.11 bits per heavy atom. The third kappa shape index (κ3) is 7.08. The molecule has 35 heavy (non-hydrogen) atoms. The van der Waals surface area contributed by atoms with Crippen molar-refractivity contribution in [3.8, 4) is 17.1 Å². The van der Waals surface area contributed by atoms with E-state index in [-0.39, 0.29) is 36.5 Å². The highest BCUT2D eigenvalue weighted by Gasteiger charge is 2.31. The molecule has 0 radical (unpaired) electrons. The van der Waals surface area contributed by atoms with Crippen LogP contribution in [0.2, 0.25) is 0 Å². The van der Waals surface area contributed by atoms with Gasteiger partial charge in [-0.25, -0.2) is 4.39 Å². The number of rotatable bonds is 9. The van der Waals surface area contributed by atoms with Gasteiger partial charge < -0.3 is 15.0 Å². The molecular weight excluding hydrogens is 451 g/mol. The first kappa shape index (κ1) is 25.8. The summed E-state index contributed by atoms with van der Waals surface area (Å²) in [7, 11) is 1.58. The number of nitrogens with one attached hydrogen (secondary N) is 1. The van der Waals surface area contributed by atoms with Gasteiger partial charge in [0.15, 0.2) is 0 Å². The molecule has 2 amide bonds. The minimum atomic E-state index is -0.691. The summed E-state index contributed by atoms with van der Waals surface area (Å²) in [4.78, 5) is 29.2. The molecule has 0 unspecified atom stereocenters. The van der Waals surface area contributed by atoms with Crippen molar-refractivity contribution in [1.29, 1.82) is 0 Å². The number of nitrogens with zero attached hydrogens (tertiary/aromatic N) is 5. The Morgan fingerprint density at radius 3 is 2.34 bits per heavy atom. The molecule has 186 valence electrons. The quantitative estimate of drug-likeness (QED) is 0.503. The van der Waals surface area contributed by atoms with Gasteiger partial charge in [-0.1, -0.05) is 19.1 Å². The lowest BCUT2D eigenvalue weighted by atomic mass is 10.1. The molecule has 0 fully saturated rings. The molecule has 1 aromatic heterocycles. The topological polar surface area (TPSA) is 102 Å². The van der Waals surface area contributed by atoms with Crippen molar-refractivity contribution in [3.63, 3.8) is 0 Å². The fourth-order valence-corrected chi connectivity index (χ4v) is 3.54. The highest BCUT2D eigenvalue weighted by atomic mass is 19.1. The SMILES string of the molecule is CC[C@H](C(=O)NC(C)(C)C)N(Cc1ccc(OC)cc1)C(=O)Cn1nnc(-c2ccc(F)cc2)n1. The van der Waals surface area contributed by atoms with Gasteiger partial charge in [0.1, 0.15) is 24.2 Å². The zero-order valence-corrected chi connectivity index (χ0v) is 20.7. The van der Waals surface area contributed by atoms with Crippen LogP contribution in [0.15, 0.2) is 48.5 Å². The molecule has 0 aliphatic heterocycles. The maximum absolute atomic E-state index is 13.4. The zero-order valence-electron chi connectivity index (χ0n) is 20.7. The normalized spacial score (nSPS) is 12.2. The van der Waals surface area contributed by atoms with E-state index in [1.807, 2.05) is 52.0 Å². The summed E-state index contributed by atoms with van der Waals surface area (Å²) in [6.07, 6.45) is 0.426. The third-order valence-corrected chi connectivity index (χ3v) is 5.23. The Bertz CT molecular complexity index is 1140. The second-order valence-electron chi connectivity index (χ2n) is 9.18. The number of ether oxygens (including phenoxy) is 1. The van der Waals surface area contributed by atoms with E-state index in [4.69, 9.17) is 4.74 Å². The molecule has 10 heteroatoms. The first-order valence-electron chi connectivity index (χ1n) is 11.4. The number of hydrogen-bond donors (Lipinski definition) is 1. The van der Waals surface area contributed by atoms with E-state index in [1.165, 1.54) is 21.8 Å². The van der Waals surface area contributed by atoms with Crippen LogP contribution in [0.3, 0.4) is 0 Å². The van der Waals surface area contributed by atoms with Crippen LogP contribution in [0.1, 0.15) is 39.7 Å². The van der Waals surface area contributed by atoms with Gasteiger partial charge >= 0.3 is 0 Å². The molecular formula is C25H31FN6O3. The van der Waals surface area contributed by atoms with E-state index in [0.29, 0.717) is 17.7 Å². The van der Waals surface area contributed by atoms with Gasteiger partial charge in [-0.15, -0.1) is 10.2 Å². The molecule has 0 aliphatic rings. The van der Waals surface area contributed by atoms with Gasteiger partial charge in [0.25, 0.3) is 0 Å². The number of tetrazole rings is 1. The molecule has 0 saturated carbocycles. The molecule has 0 saturated heterocycles. The number of carbonyl (C=O) groups excluding carboxylic acids is 2. The Balaban J connectivity index is 1.84. The van der Waals surface area contributed by atoms with Gasteiger partial charge in [-0.2, -0.15) is 4.80 Å². The molecule has 0 bridgehead atoms. The third-order valence-electron chi connectivity index (χ3n) is 5.23. The number of halogens is 1. The lowest BCUT2D eigenvalue weighted by Crippen LogP contribution is -2.54. The van der Waals surface area contributed by atoms with Crippen molar-refractivity contribution in [2.75, 3.05) is 7.11 Å². The van der Waals surface area contributed by atoms with Crippen LogP contribution in [-0.4, -0.2) is 55.6 Å². The number of benzene rings is 2. The molecule has 3 rings (SSSR count). The maximum Gasteiger partial charge on any atom is 0.247 e. The Labute approximate surface area is 204 Å². The minimum Gasteiger partial charge on any atom is -0.497 e. The number of carbonyl (C=O) groups is 2. The largest absolute Gasteiger partial charge is 0.497 e. The van der Waals surface area contributed by atoms with Crippen molar-refractivity contribution in [2.45, 2.75) is 58.8 Å². The fourth-order valence-electron chi connectivity index (χ4n) is 3.54. The molecule has 0 aliphatic carbocycles. The van der Waals surface area contributed by atoms with Gasteiger partial charge in [0, 0.05) is 17.6 Å². The van der Waals surface area contributed by atoms with E-state index in [2.05, 4.69) is 20.7 Å². The Morgan fingerprint density at radius 2 is 1.77 bits per heavy atom. The standard InChI is InChI=1S/C25H31FN6O3/c1-6-21(24(34)27-25(2,3)4)31(15-17-7-13-20(35-5)14-8-17)22(33)16-32-29-23(28-30-32)18-9-11-19(26)12-10-18/h7-14,21H,6,15-16H2,1-5H3,(H,27,34)/t21-/m1/s1. The molecule has 3 aromatic rings. The number of methoxy groups -OCH3 is 1. The van der Waals surface area contributed by atoms with E-state index in [0.717, 1.165) is 5.56 Å². The summed E-state index contributed by atoms with van der Waals surface area (Å²) in [5.74, 6) is 0.0335. The lowest BCUT2D eigenvalue weighted by molar-refractivity contribution is -0.142. The maximum atomic E-state index is 13.4. The monoisotopic (exact) mass is 482 g/mol. The van der Waals surface area contributed by atoms with Crippen LogP contribution >= 0.6 is 0 Å². The molecule has 0 spiro atoms. The molecule has 9 nitrogen and oxygen atoms in total. The van der Waals surface area contributed by atoms with Crippen molar-refractivity contribution in [1.82, 2.24) is 30.4 Å². The fraction of sp³-hybridized carbons (Fsp3) is 0.400.